The van der Waals surface area contributed by atoms with E-state index in [1.807, 2.05) is 0 Å². The molecule has 0 aliphatic carbocycles. The van der Waals surface area contributed by atoms with Gasteiger partial charge in [-0.1, -0.05) is 11.6 Å². The fourth-order valence-electron chi connectivity index (χ4n) is 1.69. The van der Waals surface area contributed by atoms with E-state index in [1.165, 1.54) is 4.31 Å². The highest BCUT2D eigenvalue weighted by Crippen LogP contribution is 2.37. The van der Waals surface area contributed by atoms with Crippen molar-refractivity contribution in [1.29, 1.82) is 0 Å². The second-order valence-corrected chi connectivity index (χ2v) is 7.71. The van der Waals surface area contributed by atoms with Crippen LogP contribution in [0.2, 0.25) is 4.34 Å². The van der Waals surface area contributed by atoms with Gasteiger partial charge < -0.3 is 5.73 Å². The molecule has 0 radical (unpaired) electrons. The van der Waals surface area contributed by atoms with Crippen LogP contribution in [0, 0.1) is 10.1 Å². The van der Waals surface area contributed by atoms with E-state index in [0.29, 0.717) is 24.3 Å². The van der Waals surface area contributed by atoms with Crippen LogP contribution in [-0.2, 0) is 10.0 Å². The first-order valence-corrected chi connectivity index (χ1v) is 7.65. The van der Waals surface area contributed by atoms with E-state index in [2.05, 4.69) is 0 Å². The summed E-state index contributed by atoms with van der Waals surface area (Å²) in [6.07, 6.45) is 0.584. The first-order valence-electron chi connectivity index (χ1n) is 5.02. The molecule has 0 aromatic carbocycles. The summed E-state index contributed by atoms with van der Waals surface area (Å²) in [6.45, 7) is 0.554. The molecule has 0 bridgehead atoms. The van der Waals surface area contributed by atoms with Crippen molar-refractivity contribution in [2.24, 2.45) is 5.73 Å². The summed E-state index contributed by atoms with van der Waals surface area (Å²) in [5, 5.41) is 10.6. The van der Waals surface area contributed by atoms with Crippen molar-refractivity contribution < 1.29 is 13.3 Å². The summed E-state index contributed by atoms with van der Waals surface area (Å²) in [5.74, 6) is 0. The van der Waals surface area contributed by atoms with Gasteiger partial charge >= 0.3 is 0 Å². The number of hydrogen-bond donors (Lipinski definition) is 1. The minimum atomic E-state index is -3.72. The fourth-order valence-corrected chi connectivity index (χ4v) is 5.02. The third-order valence-electron chi connectivity index (χ3n) is 2.62. The van der Waals surface area contributed by atoms with Crippen LogP contribution in [0.3, 0.4) is 0 Å². The standard InChI is InChI=1S/C8H10ClN3O4S2/c9-8-6(12(13)14)3-7(17-8)18(15,16)11-2-1-5(10)4-11/h3,5H,1-2,4,10H2. The Labute approximate surface area is 112 Å². The minimum absolute atomic E-state index is 0.117. The highest BCUT2D eigenvalue weighted by Gasteiger charge is 2.34. The lowest BCUT2D eigenvalue weighted by Gasteiger charge is -2.13. The van der Waals surface area contributed by atoms with E-state index < -0.39 is 14.9 Å². The lowest BCUT2D eigenvalue weighted by molar-refractivity contribution is -0.384. The highest BCUT2D eigenvalue weighted by molar-refractivity contribution is 7.91. The van der Waals surface area contributed by atoms with Crippen LogP contribution in [0.5, 0.6) is 0 Å². The molecule has 1 aliphatic rings. The van der Waals surface area contributed by atoms with Crippen molar-refractivity contribution in [3.05, 3.63) is 20.5 Å². The summed E-state index contributed by atoms with van der Waals surface area (Å²) in [7, 11) is -3.72. The summed E-state index contributed by atoms with van der Waals surface area (Å²) in [5.41, 5.74) is 5.26. The summed E-state index contributed by atoms with van der Waals surface area (Å²) >= 11 is 6.34. The van der Waals surface area contributed by atoms with E-state index >= 15 is 0 Å². The normalized spacial score (nSPS) is 21.3. The molecule has 1 aliphatic heterocycles. The second kappa shape index (κ2) is 4.74. The Hall–Kier alpha value is -0.740. The van der Waals surface area contributed by atoms with Crippen LogP contribution in [0.1, 0.15) is 6.42 Å². The third-order valence-corrected chi connectivity index (χ3v) is 6.28. The zero-order chi connectivity index (χ0) is 13.5. The molecule has 7 nitrogen and oxygen atoms in total. The lowest BCUT2D eigenvalue weighted by Crippen LogP contribution is -2.31. The molecule has 18 heavy (non-hydrogen) atoms. The van der Waals surface area contributed by atoms with Gasteiger partial charge in [0.15, 0.2) is 4.34 Å². The highest BCUT2D eigenvalue weighted by atomic mass is 35.5. The smallest absolute Gasteiger partial charge is 0.300 e. The minimum Gasteiger partial charge on any atom is -0.326 e. The van der Waals surface area contributed by atoms with Gasteiger partial charge in [-0.05, 0) is 6.42 Å². The largest absolute Gasteiger partial charge is 0.326 e. The van der Waals surface area contributed by atoms with Gasteiger partial charge in [-0.3, -0.25) is 10.1 Å². The van der Waals surface area contributed by atoms with Gasteiger partial charge in [-0.25, -0.2) is 8.42 Å². The number of nitrogens with two attached hydrogens (primary N) is 1. The molecule has 0 saturated carbocycles. The number of sulfonamides is 1. The number of hydrogen-bond acceptors (Lipinski definition) is 6. The Kier molecular flexibility index (Phi) is 3.60. The van der Waals surface area contributed by atoms with Gasteiger partial charge in [-0.15, -0.1) is 11.3 Å². The molecule has 2 N–H and O–H groups in total. The average Bonchev–Trinajstić information content (AvgIpc) is 2.84. The molecule has 0 spiro atoms. The Morgan fingerprint density at radius 2 is 2.28 bits per heavy atom. The van der Waals surface area contributed by atoms with Crippen molar-refractivity contribution in [1.82, 2.24) is 4.31 Å². The molecule has 1 fully saturated rings. The van der Waals surface area contributed by atoms with E-state index in [0.717, 1.165) is 6.07 Å². The van der Waals surface area contributed by atoms with Gasteiger partial charge in [-0.2, -0.15) is 4.31 Å². The van der Waals surface area contributed by atoms with E-state index in [4.69, 9.17) is 17.3 Å². The lowest BCUT2D eigenvalue weighted by atomic mass is 10.3. The van der Waals surface area contributed by atoms with Crippen LogP contribution in [0.25, 0.3) is 0 Å². The average molecular weight is 312 g/mol. The SMILES string of the molecule is NC1CCN(S(=O)(=O)c2cc([N+](=O)[O-])c(Cl)s2)C1. The molecule has 2 rings (SSSR count). The van der Waals surface area contributed by atoms with Gasteiger partial charge in [0.25, 0.3) is 15.7 Å². The summed E-state index contributed by atoms with van der Waals surface area (Å²) < 4.78 is 25.3. The zero-order valence-electron chi connectivity index (χ0n) is 9.08. The van der Waals surface area contributed by atoms with Crippen LogP contribution in [0.15, 0.2) is 10.3 Å². The van der Waals surface area contributed by atoms with Gasteiger partial charge in [0, 0.05) is 25.2 Å². The predicted octanol–water partition coefficient (Wildman–Crippen LogP) is 1.03. The van der Waals surface area contributed by atoms with Gasteiger partial charge in [0.2, 0.25) is 0 Å². The maximum Gasteiger partial charge on any atom is 0.300 e. The van der Waals surface area contributed by atoms with Crippen LogP contribution >= 0.6 is 22.9 Å². The fraction of sp³-hybridized carbons (Fsp3) is 0.500. The van der Waals surface area contributed by atoms with Crippen molar-refractivity contribution >= 4 is 38.6 Å². The van der Waals surface area contributed by atoms with Crippen molar-refractivity contribution in [3.63, 3.8) is 0 Å². The maximum atomic E-state index is 12.2. The molecule has 1 unspecified atom stereocenters. The molecule has 1 aromatic heterocycles. The third kappa shape index (κ3) is 2.36. The maximum absolute atomic E-state index is 12.2. The van der Waals surface area contributed by atoms with Gasteiger partial charge in [0.1, 0.15) is 4.21 Å². The van der Waals surface area contributed by atoms with E-state index in [9.17, 15) is 18.5 Å². The first-order chi connectivity index (χ1) is 8.32. The first kappa shape index (κ1) is 13.7. The Balaban J connectivity index is 2.36. The van der Waals surface area contributed by atoms with Crippen LogP contribution < -0.4 is 5.73 Å². The Morgan fingerprint density at radius 1 is 1.61 bits per heavy atom. The second-order valence-electron chi connectivity index (χ2n) is 3.89. The molecule has 1 saturated heterocycles. The summed E-state index contributed by atoms with van der Waals surface area (Å²) in [6, 6.07) is 0.803. The summed E-state index contributed by atoms with van der Waals surface area (Å²) in [4.78, 5) is 9.93. The van der Waals surface area contributed by atoms with Gasteiger partial charge in [0.05, 0.1) is 4.92 Å². The van der Waals surface area contributed by atoms with E-state index in [-0.39, 0.29) is 26.8 Å². The number of thiophene rings is 1. The molecule has 0 amide bonds. The quantitative estimate of drug-likeness (QED) is 0.663. The number of nitro groups is 1. The number of nitrogens with zero attached hydrogens (tertiary/aromatic N) is 2. The molecule has 100 valence electrons. The molecule has 1 atom stereocenters. The zero-order valence-corrected chi connectivity index (χ0v) is 11.5. The predicted molar refractivity (Wildman–Crippen MR) is 67.3 cm³/mol. The number of rotatable bonds is 3. The van der Waals surface area contributed by atoms with Crippen LogP contribution in [0.4, 0.5) is 5.69 Å². The Morgan fingerprint density at radius 3 is 2.72 bits per heavy atom. The molecule has 1 aromatic rings. The topological polar surface area (TPSA) is 107 Å². The van der Waals surface area contributed by atoms with Crippen molar-refractivity contribution in [2.45, 2.75) is 16.7 Å². The molecular formula is C8H10ClN3O4S2. The Bertz CT molecular complexity index is 585. The van der Waals surface area contributed by atoms with Crippen LogP contribution in [-0.4, -0.2) is 36.8 Å². The van der Waals surface area contributed by atoms with Crippen molar-refractivity contribution in [3.8, 4) is 0 Å². The monoisotopic (exact) mass is 311 g/mol. The van der Waals surface area contributed by atoms with Crippen molar-refractivity contribution in [2.75, 3.05) is 13.1 Å². The number of halogens is 1. The van der Waals surface area contributed by atoms with E-state index in [1.54, 1.807) is 0 Å². The molecule has 10 heteroatoms. The molecule has 2 heterocycles. The molecular weight excluding hydrogens is 302 g/mol.